The van der Waals surface area contributed by atoms with Gasteiger partial charge in [-0.3, -0.25) is 9.59 Å². The fourth-order valence-electron chi connectivity index (χ4n) is 6.26. The van der Waals surface area contributed by atoms with Gasteiger partial charge in [0.15, 0.2) is 12.4 Å². The molecule has 1 unspecified atom stereocenters. The van der Waals surface area contributed by atoms with Gasteiger partial charge < -0.3 is 54.0 Å². The van der Waals surface area contributed by atoms with Gasteiger partial charge in [-0.15, -0.1) is 0 Å². The summed E-state index contributed by atoms with van der Waals surface area (Å²) in [6, 6.07) is 0. The summed E-state index contributed by atoms with van der Waals surface area (Å²) in [7, 11) is 0. The Bertz CT molecular complexity index is 932. The minimum Gasteiger partial charge on any atom is -0.463 e. The molecule has 0 aliphatic carbocycles. The van der Waals surface area contributed by atoms with Gasteiger partial charge >= 0.3 is 11.9 Å². The number of hydrogen-bond donors (Lipinski definition) is 5. The maximum Gasteiger partial charge on any atom is 0.306 e. The van der Waals surface area contributed by atoms with Crippen molar-refractivity contribution in [2.75, 3.05) is 26.4 Å². The van der Waals surface area contributed by atoms with Crippen molar-refractivity contribution in [2.45, 2.75) is 159 Å². The topological polar surface area (TPSA) is 191 Å². The Morgan fingerprint density at radius 1 is 0.809 bits per heavy atom. The molecule has 4 heterocycles. The molecule has 4 aliphatic rings. The first-order valence-corrected chi connectivity index (χ1v) is 17.5. The molecule has 2 saturated heterocycles. The minimum atomic E-state index is -1.55. The van der Waals surface area contributed by atoms with Crippen molar-refractivity contribution < 1.29 is 63.5 Å². The molecule has 11 atom stereocenters. The second-order valence-corrected chi connectivity index (χ2v) is 13.1. The van der Waals surface area contributed by atoms with E-state index < -0.39 is 79.6 Å². The Hall–Kier alpha value is -1.68. The number of hydrogen-bond acceptors (Lipinski definition) is 13. The fraction of sp³-hybridized carbons (Fsp3) is 0.882. The molecule has 13 heteroatoms. The molecule has 0 aromatic rings. The van der Waals surface area contributed by atoms with Crippen LogP contribution in [0.4, 0.5) is 0 Å². The van der Waals surface area contributed by atoms with Crippen LogP contribution in [0, 0.1) is 5.92 Å². The number of esters is 2. The van der Waals surface area contributed by atoms with Crippen LogP contribution in [0.15, 0.2) is 12.2 Å². The zero-order chi connectivity index (χ0) is 34.2. The van der Waals surface area contributed by atoms with Gasteiger partial charge in [-0.05, 0) is 45.4 Å². The molecule has 4 rings (SSSR count). The third-order valence-corrected chi connectivity index (χ3v) is 9.12. The average Bonchev–Trinajstić information content (AvgIpc) is 3.04. The number of carbonyl (C=O) groups excluding carboxylic acids is 2. The average molecular weight is 675 g/mol. The summed E-state index contributed by atoms with van der Waals surface area (Å²) in [4.78, 5) is 24.2. The maximum absolute atomic E-state index is 12.7. The minimum absolute atomic E-state index is 0.142. The Labute approximate surface area is 278 Å². The van der Waals surface area contributed by atoms with Crippen LogP contribution in [-0.4, -0.2) is 125 Å². The molecule has 2 fully saturated rings. The van der Waals surface area contributed by atoms with Crippen LogP contribution in [0.1, 0.15) is 97.3 Å². The number of fused-ring (bicyclic) bond motifs is 21. The lowest BCUT2D eigenvalue weighted by Gasteiger charge is -2.44. The van der Waals surface area contributed by atoms with Crippen LogP contribution >= 0.6 is 0 Å². The Balaban J connectivity index is 1.70. The zero-order valence-corrected chi connectivity index (χ0v) is 28.0. The Morgan fingerprint density at radius 2 is 1.47 bits per heavy atom. The Morgan fingerprint density at radius 3 is 2.15 bits per heavy atom. The van der Waals surface area contributed by atoms with Crippen molar-refractivity contribution in [3.63, 3.8) is 0 Å². The summed E-state index contributed by atoms with van der Waals surface area (Å²) < 4.78 is 34.4. The molecule has 47 heavy (non-hydrogen) atoms. The number of allylic oxidation sites excluding steroid dienone is 2. The molecule has 5 N–H and O–H groups in total. The van der Waals surface area contributed by atoms with E-state index in [0.717, 1.165) is 70.6 Å². The highest BCUT2D eigenvalue weighted by atomic mass is 16.7. The summed E-state index contributed by atoms with van der Waals surface area (Å²) >= 11 is 0. The summed E-state index contributed by atoms with van der Waals surface area (Å²) in [5, 5.41) is 53.1. The van der Waals surface area contributed by atoms with Crippen molar-refractivity contribution in [3.05, 3.63) is 12.2 Å². The smallest absolute Gasteiger partial charge is 0.306 e. The summed E-state index contributed by atoms with van der Waals surface area (Å²) in [5.41, 5.74) is 0. The summed E-state index contributed by atoms with van der Waals surface area (Å²) in [6.45, 7) is 1.87. The first-order chi connectivity index (χ1) is 22.6. The van der Waals surface area contributed by atoms with Crippen molar-refractivity contribution in [1.82, 2.24) is 0 Å². The number of ether oxygens (including phenoxy) is 6. The quantitative estimate of drug-likeness (QED) is 0.216. The molecule has 0 amide bonds. The van der Waals surface area contributed by atoms with E-state index >= 15 is 0 Å². The van der Waals surface area contributed by atoms with Crippen LogP contribution in [0.5, 0.6) is 0 Å². The van der Waals surface area contributed by atoms with Crippen LogP contribution < -0.4 is 0 Å². The Kier molecular flexibility index (Phi) is 18.1. The van der Waals surface area contributed by atoms with Gasteiger partial charge in [0.05, 0.1) is 37.9 Å². The highest BCUT2D eigenvalue weighted by Crippen LogP contribution is 2.30. The van der Waals surface area contributed by atoms with E-state index in [0.29, 0.717) is 6.42 Å². The fourth-order valence-corrected chi connectivity index (χ4v) is 6.26. The first kappa shape index (κ1) is 39.8. The number of carbonyl (C=O) groups is 2. The lowest BCUT2D eigenvalue weighted by atomic mass is 9.91. The van der Waals surface area contributed by atoms with Crippen LogP contribution in [-0.2, 0) is 38.0 Å². The van der Waals surface area contributed by atoms with Gasteiger partial charge in [0.1, 0.15) is 43.2 Å². The monoisotopic (exact) mass is 674 g/mol. The van der Waals surface area contributed by atoms with E-state index in [4.69, 9.17) is 28.4 Å². The van der Waals surface area contributed by atoms with Gasteiger partial charge in [-0.1, -0.05) is 50.7 Å². The highest BCUT2D eigenvalue weighted by molar-refractivity contribution is 5.69. The predicted molar refractivity (Wildman–Crippen MR) is 169 cm³/mol. The second-order valence-electron chi connectivity index (χ2n) is 13.1. The lowest BCUT2D eigenvalue weighted by molar-refractivity contribution is -0.304. The lowest BCUT2D eigenvalue weighted by Crippen LogP contribution is -2.61. The molecule has 0 aromatic carbocycles. The molecule has 4 aliphatic heterocycles. The van der Waals surface area contributed by atoms with Crippen LogP contribution in [0.3, 0.4) is 0 Å². The highest BCUT2D eigenvalue weighted by Gasteiger charge is 2.48. The third kappa shape index (κ3) is 13.3. The van der Waals surface area contributed by atoms with E-state index in [2.05, 4.69) is 12.2 Å². The summed E-state index contributed by atoms with van der Waals surface area (Å²) in [5.74, 6) is -1.98. The molecule has 0 saturated carbocycles. The molecule has 0 spiro atoms. The van der Waals surface area contributed by atoms with Gasteiger partial charge in [0.2, 0.25) is 0 Å². The van der Waals surface area contributed by atoms with Gasteiger partial charge in [0, 0.05) is 13.3 Å². The molecule has 2 bridgehead atoms. The number of rotatable bonds is 3. The first-order valence-electron chi connectivity index (χ1n) is 17.5. The molecular weight excluding hydrogens is 616 g/mol. The number of aliphatic hydroxyl groups excluding tert-OH is 5. The summed E-state index contributed by atoms with van der Waals surface area (Å²) in [6.07, 6.45) is 4.90. The second kappa shape index (κ2) is 21.4. The maximum atomic E-state index is 12.7. The predicted octanol–water partition coefficient (Wildman–Crippen LogP) is 2.07. The standard InChI is InChI=1S/C34H58O13/c1-22-16-14-12-10-8-6-4-3-5-7-9-11-13-15-17-28(37)47-33-27(21-43-23(2)36)45-26(31(40)32(33)41)20-42-19-24-29(38)30(39)25(18-35)46-34(24)44-22/h3-4,22,24-27,29-35,38-41H,5-21H2,1-2H3/b4-3-/t22?,24-,25-,26+,27-,29-,30-,31+,32-,33-,34-/m1/s1. The van der Waals surface area contributed by atoms with Crippen molar-refractivity contribution in [3.8, 4) is 0 Å². The van der Waals surface area contributed by atoms with Gasteiger partial charge in [0.25, 0.3) is 0 Å². The van der Waals surface area contributed by atoms with E-state index in [1.807, 2.05) is 6.92 Å². The number of aliphatic hydroxyl groups is 5. The largest absolute Gasteiger partial charge is 0.463 e. The molecule has 0 aromatic heterocycles. The molecular formula is C34H58O13. The molecule has 0 radical (unpaired) electrons. The van der Waals surface area contributed by atoms with Gasteiger partial charge in [-0.25, -0.2) is 0 Å². The van der Waals surface area contributed by atoms with Crippen molar-refractivity contribution in [1.29, 1.82) is 0 Å². The van der Waals surface area contributed by atoms with Crippen LogP contribution in [0.25, 0.3) is 0 Å². The SMILES string of the molecule is CC(=O)OC[C@H]1O[C@H]2COC[C@H]3[C@H](OC(C)CCCCCC/C=C\CCCCCCCC(=O)O[C@H]1[C@H](O)[C@H]2O)O[C@H](CO)[C@@H](O)[C@@H]3O. The zero-order valence-electron chi connectivity index (χ0n) is 28.0. The van der Waals surface area contributed by atoms with Gasteiger partial charge in [-0.2, -0.15) is 0 Å². The van der Waals surface area contributed by atoms with E-state index in [1.165, 1.54) is 6.92 Å². The molecule has 13 nitrogen and oxygen atoms in total. The van der Waals surface area contributed by atoms with Crippen molar-refractivity contribution in [2.24, 2.45) is 5.92 Å². The normalized spacial score (nSPS) is 39.0. The van der Waals surface area contributed by atoms with E-state index in [1.54, 1.807) is 0 Å². The third-order valence-electron chi connectivity index (χ3n) is 9.12. The van der Waals surface area contributed by atoms with E-state index in [-0.39, 0.29) is 32.3 Å². The van der Waals surface area contributed by atoms with Crippen LogP contribution in [0.2, 0.25) is 0 Å². The van der Waals surface area contributed by atoms with Crippen molar-refractivity contribution >= 4 is 11.9 Å². The molecule has 272 valence electrons. The van der Waals surface area contributed by atoms with E-state index in [9.17, 15) is 35.1 Å².